The molecule has 3 aromatic carbocycles. The molecule has 1 aromatic heterocycles. The van der Waals surface area contributed by atoms with Crippen molar-refractivity contribution in [1.29, 1.82) is 0 Å². The standard InChI is InChI=1S/C24H20FN3O2/c1-15-7-8-16(2)21(13-15)23-19-5-3-4-6-20(19)24(28-27-23)30-14-22(29)26-18-11-9-17(25)10-12-18/h3-13H,14H2,1-2H3,(H,26,29). The molecule has 0 radical (unpaired) electrons. The van der Waals surface area contributed by atoms with Gasteiger partial charge in [-0.15, -0.1) is 10.2 Å². The van der Waals surface area contributed by atoms with Gasteiger partial charge in [0.15, 0.2) is 6.61 Å². The van der Waals surface area contributed by atoms with Crippen molar-refractivity contribution in [3.05, 3.63) is 83.7 Å². The molecule has 0 bridgehead atoms. The monoisotopic (exact) mass is 401 g/mol. The Morgan fingerprint density at radius 2 is 1.70 bits per heavy atom. The first-order valence-electron chi connectivity index (χ1n) is 9.52. The van der Waals surface area contributed by atoms with Gasteiger partial charge in [-0.3, -0.25) is 4.79 Å². The Bertz CT molecular complexity index is 1220. The maximum Gasteiger partial charge on any atom is 0.262 e. The number of rotatable bonds is 5. The molecule has 1 amide bonds. The summed E-state index contributed by atoms with van der Waals surface area (Å²) >= 11 is 0. The fourth-order valence-corrected chi connectivity index (χ4v) is 3.24. The van der Waals surface area contributed by atoms with Crippen LogP contribution in [0.4, 0.5) is 10.1 Å². The van der Waals surface area contributed by atoms with Crippen LogP contribution < -0.4 is 10.1 Å². The van der Waals surface area contributed by atoms with Crippen molar-refractivity contribution in [1.82, 2.24) is 10.2 Å². The molecule has 0 aliphatic carbocycles. The molecule has 0 fully saturated rings. The van der Waals surface area contributed by atoms with Crippen LogP contribution in [-0.2, 0) is 4.79 Å². The molecule has 150 valence electrons. The summed E-state index contributed by atoms with van der Waals surface area (Å²) < 4.78 is 18.7. The van der Waals surface area contributed by atoms with Gasteiger partial charge in [0, 0.05) is 22.0 Å². The van der Waals surface area contributed by atoms with Crippen LogP contribution >= 0.6 is 0 Å². The van der Waals surface area contributed by atoms with Crippen molar-refractivity contribution >= 4 is 22.4 Å². The lowest BCUT2D eigenvalue weighted by molar-refractivity contribution is -0.118. The first-order chi connectivity index (χ1) is 14.5. The van der Waals surface area contributed by atoms with Crippen LogP contribution in [0.15, 0.2) is 66.7 Å². The Labute approximate surface area is 173 Å². The quantitative estimate of drug-likeness (QED) is 0.507. The summed E-state index contributed by atoms with van der Waals surface area (Å²) in [6, 6.07) is 19.4. The fourth-order valence-electron chi connectivity index (χ4n) is 3.24. The van der Waals surface area contributed by atoms with E-state index in [4.69, 9.17) is 4.74 Å². The van der Waals surface area contributed by atoms with Gasteiger partial charge in [-0.05, 0) is 55.8 Å². The number of nitrogens with one attached hydrogen (secondary N) is 1. The van der Waals surface area contributed by atoms with Crippen molar-refractivity contribution in [3.63, 3.8) is 0 Å². The van der Waals surface area contributed by atoms with Crippen LogP contribution in [0.3, 0.4) is 0 Å². The summed E-state index contributed by atoms with van der Waals surface area (Å²) in [7, 11) is 0. The number of benzene rings is 3. The van der Waals surface area contributed by atoms with E-state index >= 15 is 0 Å². The number of hydrogen-bond donors (Lipinski definition) is 1. The summed E-state index contributed by atoms with van der Waals surface area (Å²) in [4.78, 5) is 12.2. The van der Waals surface area contributed by atoms with Gasteiger partial charge in [-0.25, -0.2) is 4.39 Å². The number of anilines is 1. The maximum atomic E-state index is 13.0. The molecule has 6 heteroatoms. The van der Waals surface area contributed by atoms with Gasteiger partial charge in [-0.2, -0.15) is 0 Å². The number of halogens is 1. The summed E-state index contributed by atoms with van der Waals surface area (Å²) in [5.41, 5.74) is 4.52. The van der Waals surface area contributed by atoms with E-state index in [0.717, 1.165) is 33.2 Å². The minimum atomic E-state index is -0.369. The molecule has 0 unspecified atom stereocenters. The highest BCUT2D eigenvalue weighted by molar-refractivity contribution is 5.98. The number of ether oxygens (including phenoxy) is 1. The Morgan fingerprint density at radius 3 is 2.47 bits per heavy atom. The van der Waals surface area contributed by atoms with Crippen molar-refractivity contribution in [2.75, 3.05) is 11.9 Å². The van der Waals surface area contributed by atoms with E-state index in [2.05, 4.69) is 33.7 Å². The molecular formula is C24H20FN3O2. The summed E-state index contributed by atoms with van der Waals surface area (Å²) in [5, 5.41) is 13.0. The lowest BCUT2D eigenvalue weighted by Gasteiger charge is -2.12. The van der Waals surface area contributed by atoms with Gasteiger partial charge in [0.2, 0.25) is 5.88 Å². The van der Waals surface area contributed by atoms with Crippen LogP contribution in [0, 0.1) is 19.7 Å². The normalized spacial score (nSPS) is 10.8. The lowest BCUT2D eigenvalue weighted by Crippen LogP contribution is -2.20. The van der Waals surface area contributed by atoms with Crippen molar-refractivity contribution in [2.24, 2.45) is 0 Å². The number of fused-ring (bicyclic) bond motifs is 1. The van der Waals surface area contributed by atoms with Crippen LogP contribution in [0.25, 0.3) is 22.0 Å². The minimum absolute atomic E-state index is 0.237. The predicted molar refractivity (Wildman–Crippen MR) is 115 cm³/mol. The third-order valence-corrected chi connectivity index (χ3v) is 4.77. The van der Waals surface area contributed by atoms with Gasteiger partial charge >= 0.3 is 0 Å². The van der Waals surface area contributed by atoms with E-state index in [9.17, 15) is 9.18 Å². The average molecular weight is 401 g/mol. The van der Waals surface area contributed by atoms with E-state index in [1.807, 2.05) is 38.1 Å². The van der Waals surface area contributed by atoms with Crippen LogP contribution in [0.2, 0.25) is 0 Å². The van der Waals surface area contributed by atoms with Crippen LogP contribution in [0.1, 0.15) is 11.1 Å². The van der Waals surface area contributed by atoms with Crippen molar-refractivity contribution in [3.8, 4) is 17.1 Å². The van der Waals surface area contributed by atoms with Gasteiger partial charge in [0.05, 0.1) is 0 Å². The minimum Gasteiger partial charge on any atom is -0.466 e. The highest BCUT2D eigenvalue weighted by Crippen LogP contribution is 2.32. The van der Waals surface area contributed by atoms with Crippen molar-refractivity contribution in [2.45, 2.75) is 13.8 Å². The second-order valence-electron chi connectivity index (χ2n) is 7.06. The molecule has 0 saturated heterocycles. The van der Waals surface area contributed by atoms with Gasteiger partial charge in [0.1, 0.15) is 11.5 Å². The Balaban J connectivity index is 1.59. The molecule has 5 nitrogen and oxygen atoms in total. The SMILES string of the molecule is Cc1ccc(C)c(-c2nnc(OCC(=O)Nc3ccc(F)cc3)c3ccccc23)c1. The molecule has 4 rings (SSSR count). The summed E-state index contributed by atoms with van der Waals surface area (Å²) in [5.74, 6) is -0.449. The average Bonchev–Trinajstić information content (AvgIpc) is 2.75. The summed E-state index contributed by atoms with van der Waals surface area (Å²) in [6.07, 6.45) is 0. The molecule has 1 heterocycles. The van der Waals surface area contributed by atoms with E-state index in [1.165, 1.54) is 24.3 Å². The molecule has 0 saturated carbocycles. The smallest absolute Gasteiger partial charge is 0.262 e. The number of nitrogens with zero attached hydrogens (tertiary/aromatic N) is 2. The van der Waals surface area contributed by atoms with E-state index in [0.29, 0.717) is 5.69 Å². The highest BCUT2D eigenvalue weighted by atomic mass is 19.1. The number of hydrogen-bond acceptors (Lipinski definition) is 4. The number of aryl methyl sites for hydroxylation is 2. The number of carbonyl (C=O) groups is 1. The maximum absolute atomic E-state index is 13.0. The third kappa shape index (κ3) is 4.12. The molecule has 4 aromatic rings. The molecule has 1 N–H and O–H groups in total. The molecule has 30 heavy (non-hydrogen) atoms. The molecule has 0 aliphatic heterocycles. The van der Waals surface area contributed by atoms with E-state index in [-0.39, 0.29) is 24.2 Å². The molecular weight excluding hydrogens is 381 g/mol. The first kappa shape index (κ1) is 19.5. The van der Waals surface area contributed by atoms with Gasteiger partial charge in [-0.1, -0.05) is 35.9 Å². The second-order valence-corrected chi connectivity index (χ2v) is 7.06. The highest BCUT2D eigenvalue weighted by Gasteiger charge is 2.14. The molecule has 0 aliphatic rings. The van der Waals surface area contributed by atoms with Crippen LogP contribution in [-0.4, -0.2) is 22.7 Å². The van der Waals surface area contributed by atoms with Crippen molar-refractivity contribution < 1.29 is 13.9 Å². The fraction of sp³-hybridized carbons (Fsp3) is 0.125. The Kier molecular flexibility index (Phi) is 5.39. The second kappa shape index (κ2) is 8.29. The summed E-state index contributed by atoms with van der Waals surface area (Å²) in [6.45, 7) is 3.84. The predicted octanol–water partition coefficient (Wildman–Crippen LogP) is 5.07. The van der Waals surface area contributed by atoms with Crippen LogP contribution in [0.5, 0.6) is 5.88 Å². The zero-order valence-electron chi connectivity index (χ0n) is 16.6. The largest absolute Gasteiger partial charge is 0.466 e. The van der Waals surface area contributed by atoms with E-state index < -0.39 is 0 Å². The number of carbonyl (C=O) groups excluding carboxylic acids is 1. The zero-order valence-corrected chi connectivity index (χ0v) is 16.6. The number of amides is 1. The van der Waals surface area contributed by atoms with Gasteiger partial charge in [0.25, 0.3) is 5.91 Å². The molecule has 0 spiro atoms. The number of aromatic nitrogens is 2. The van der Waals surface area contributed by atoms with E-state index in [1.54, 1.807) is 0 Å². The first-order valence-corrected chi connectivity index (χ1v) is 9.52. The third-order valence-electron chi connectivity index (χ3n) is 4.77. The Morgan fingerprint density at radius 1 is 0.967 bits per heavy atom. The van der Waals surface area contributed by atoms with Gasteiger partial charge < -0.3 is 10.1 Å². The lowest BCUT2D eigenvalue weighted by atomic mass is 9.99. The Hall–Kier alpha value is -3.80. The topological polar surface area (TPSA) is 64.1 Å². The zero-order chi connectivity index (χ0) is 21.1. The molecule has 0 atom stereocenters.